The quantitative estimate of drug-likeness (QED) is 0.0225. The molecule has 5 aromatic carbocycles. The second kappa shape index (κ2) is 42.9. The van der Waals surface area contributed by atoms with E-state index >= 15 is 0 Å². The number of ether oxygens (including phenoxy) is 2. The van der Waals surface area contributed by atoms with Crippen LogP contribution in [-0.2, 0) is 25.6 Å². The van der Waals surface area contributed by atoms with Gasteiger partial charge in [-0.3, -0.25) is 14.2 Å². The third-order valence-corrected chi connectivity index (χ3v) is 16.1. The zero-order valence-corrected chi connectivity index (χ0v) is 64.4. The number of fused-ring (bicyclic) bond motifs is 1. The number of hydrogen-bond donors (Lipinski definition) is 3. The normalized spacial score (nSPS) is 11.5. The number of likely N-dealkylation sites (tertiary alicyclic amines) is 1. The molecule has 119 heavy (non-hydrogen) atoms. The van der Waals surface area contributed by atoms with Crippen molar-refractivity contribution in [3.05, 3.63) is 279 Å². The number of aromatic nitrogens is 16. The first-order chi connectivity index (χ1) is 55.0. The number of carboxylic acid groups (broad SMARTS) is 1. The predicted molar refractivity (Wildman–Crippen MR) is 378 cm³/mol. The molecule has 1 amide bonds. The van der Waals surface area contributed by atoms with E-state index in [2.05, 4.69) is 65.8 Å². The van der Waals surface area contributed by atoms with Gasteiger partial charge in [-0.1, -0.05) is 5.76 Å². The molecule has 0 aliphatic carbocycles. The molecule has 1 saturated heterocycles. The number of carbonyl (C=O) groups is 5. The summed E-state index contributed by atoms with van der Waals surface area (Å²) in [5, 5.41) is 61.6. The van der Waals surface area contributed by atoms with Crippen molar-refractivity contribution >= 4 is 58.8 Å². The first-order valence-electron chi connectivity index (χ1n) is 33.0. The molecule has 8 aromatic heterocycles. The number of imidazole rings is 1. The number of amides is 1. The average Bonchev–Trinajstić information content (AvgIpc) is 1.64. The van der Waals surface area contributed by atoms with Crippen molar-refractivity contribution in [2.45, 2.75) is 39.3 Å². The molecule has 5 N–H and O–H groups in total. The number of rotatable bonds is 16. The van der Waals surface area contributed by atoms with Crippen LogP contribution in [0.5, 0.6) is 0 Å². The number of nitrogens with zero attached hydrogens (tertiary/aromatic N) is 16. The monoisotopic (exact) mass is 1690 g/mol. The fraction of sp³-hybridized carbons (Fsp3) is 0.137. The largest absolute Gasteiger partial charge is 1.00 e. The molecule has 1 fully saturated rings. The molecule has 14 rings (SSSR count). The van der Waals surface area contributed by atoms with Crippen molar-refractivity contribution in [3.8, 4) is 50.8 Å². The summed E-state index contributed by atoms with van der Waals surface area (Å²) in [6, 6.07) is 18.0. The minimum absolute atomic E-state index is 0. The van der Waals surface area contributed by atoms with Crippen LogP contribution in [0.25, 0.3) is 67.6 Å². The van der Waals surface area contributed by atoms with Crippen LogP contribution in [0, 0.1) is 81.4 Å². The molecule has 0 radical (unpaired) electrons. The summed E-state index contributed by atoms with van der Waals surface area (Å²) in [4.78, 5) is 75.1. The maximum absolute atomic E-state index is 14.5. The first kappa shape index (κ1) is 95.1. The third-order valence-electron chi connectivity index (χ3n) is 16.1. The number of benzene rings is 5. The van der Waals surface area contributed by atoms with E-state index in [4.69, 9.17) is 15.6 Å². The van der Waals surface area contributed by atoms with Crippen molar-refractivity contribution < 1.29 is 159 Å². The molecule has 13 aromatic rings. The van der Waals surface area contributed by atoms with Crippen LogP contribution < -0.4 is 64.9 Å². The zero-order valence-electron chi connectivity index (χ0n) is 61.5. The van der Waals surface area contributed by atoms with E-state index in [9.17, 15) is 95.3 Å². The molecule has 46 heteroatoms. The van der Waals surface area contributed by atoms with Crippen LogP contribution in [0.3, 0.4) is 0 Å². The molecule has 0 atom stereocenters. The number of halogens is 15. The van der Waals surface area contributed by atoms with Crippen LogP contribution in [0.1, 0.15) is 75.3 Å². The van der Waals surface area contributed by atoms with Gasteiger partial charge in [-0.25, -0.2) is 94.7 Å². The van der Waals surface area contributed by atoms with Crippen molar-refractivity contribution in [1.82, 2.24) is 84.6 Å². The average molecular weight is 1690 g/mol. The molecular weight excluding hydrogens is 1640 g/mol. The van der Waals surface area contributed by atoms with Gasteiger partial charge in [0.05, 0.1) is 102 Å². The number of aromatic carboxylic acids is 1. The molecule has 0 unspecified atom stereocenters. The van der Waals surface area contributed by atoms with Gasteiger partial charge >= 0.3 is 72.0 Å². The topological polar surface area (TPSA) is 401 Å². The van der Waals surface area contributed by atoms with Gasteiger partial charge in [0.15, 0.2) is 98.5 Å². The molecule has 1 aliphatic rings. The van der Waals surface area contributed by atoms with Gasteiger partial charge in [0, 0.05) is 78.8 Å². The summed E-state index contributed by atoms with van der Waals surface area (Å²) in [7, 11) is 0. The Balaban J connectivity index is 0.000000243. The number of piperidine rings is 1. The van der Waals surface area contributed by atoms with E-state index in [1.54, 1.807) is 26.0 Å². The fourth-order valence-corrected chi connectivity index (χ4v) is 10.8. The molecule has 608 valence electrons. The first-order valence-corrected chi connectivity index (χ1v) is 33.0. The Labute approximate surface area is 699 Å². The third kappa shape index (κ3) is 22.7. The fourth-order valence-electron chi connectivity index (χ4n) is 10.8. The standard InChI is InChI=1S/C26H18F5N7O2.C16H11F3N4O2.C14H7F3N4O2.C10H10N2O4.C7H6F3N.ClH.Li.Na.H2O/c27-16-1-2-19-24(23(16)31)37(26(40)34-19)14-4-7-36(8-5-14)25(39)20-11-21(13-3-6-32-33-12-13)38(35-20)15-9-17(28)22(30)18(29)10-15;1-2-25-16(24)13-7-14(9-3-4-20-21-8-9)23(22-13)10-5-11(17)15(19)12(18)6-10;15-9-3-8(4-10(16)13(9)17)21-12(5-11(20-21)14(22)23)7-1-2-18-19-6-7;1-2-16-10(15)9(14)5-8(13)7-3-4-11-12-6-7;8-5-1-4(3-11)2-6(9)7(5)10;;;;/h1-3,6,9-12,14H,4-5,7-8H2,(H,34,40);3-8H,2H2,1H3;1-6H,(H,22,23);3-6,13H,2H2,1H3;1-2H,3,11H2;1H;;;1H2/q;;;;;;2*+1;/p-2/b;;;8-5-;;;;;. The Kier molecular flexibility index (Phi) is 34.3. The Hall–Kier alpha value is -12.8. The molecule has 0 bridgehead atoms. The number of esters is 2. The zero-order chi connectivity index (χ0) is 83.1. The Morgan fingerprint density at radius 3 is 1.29 bits per heavy atom. The van der Waals surface area contributed by atoms with Gasteiger partial charge in [0.25, 0.3) is 11.7 Å². The summed E-state index contributed by atoms with van der Waals surface area (Å²) in [5.41, 5.74) is 6.13. The molecular formula is C73H53ClF14LiN18NaO11. The number of aromatic amines is 1. The van der Waals surface area contributed by atoms with Crippen molar-refractivity contribution in [1.29, 1.82) is 0 Å². The second-order valence-corrected chi connectivity index (χ2v) is 23.5. The van der Waals surface area contributed by atoms with Gasteiger partial charge in [-0.15, -0.1) is 12.4 Å². The SMILES string of the molecule is CCOC(=O)C(=O)/C=C(\[O-])c1ccnnc1.CCOC(=O)c1cc(-c2ccnnc2)n(-c2cc(F)c(F)c(F)c2)n1.Cl.NCc1cc(F)c(F)c(F)c1.O=C(O)c1cc(-c2ccnnc2)n(-c2cc(F)c(F)c(F)c2)n1.O=C(c1cc(-c2ccnnc2)n(-c2cc(F)c(F)c(F)c2)n1)N1CCC(n2c(=O)[nH]c3ccc(F)c(F)c32)CC1.[Li+].[Na+].[OH-]. The van der Waals surface area contributed by atoms with Crippen molar-refractivity contribution in [3.63, 3.8) is 0 Å². The van der Waals surface area contributed by atoms with Crippen LogP contribution in [0.2, 0.25) is 0 Å². The number of carbonyl (C=O) groups excluding carboxylic acids is 4. The second-order valence-electron chi connectivity index (χ2n) is 23.5. The van der Waals surface area contributed by atoms with E-state index in [-0.39, 0.29) is 180 Å². The predicted octanol–water partition coefficient (Wildman–Crippen LogP) is 4.64. The maximum Gasteiger partial charge on any atom is 1.00 e. The summed E-state index contributed by atoms with van der Waals surface area (Å²) in [5.74, 6) is -24.5. The molecule has 29 nitrogen and oxygen atoms in total. The number of hydrogen-bond acceptors (Lipinski definition) is 22. The van der Waals surface area contributed by atoms with E-state index < -0.39 is 129 Å². The van der Waals surface area contributed by atoms with Gasteiger partial charge in [0.1, 0.15) is 5.52 Å². The number of nitrogens with one attached hydrogen (secondary N) is 1. The molecule has 1 aliphatic heterocycles. The smallest absolute Gasteiger partial charge is 0.872 e. The van der Waals surface area contributed by atoms with E-state index in [0.29, 0.717) is 28.5 Å². The van der Waals surface area contributed by atoms with E-state index in [0.717, 1.165) is 68.6 Å². The van der Waals surface area contributed by atoms with Crippen LogP contribution >= 0.6 is 12.4 Å². The van der Waals surface area contributed by atoms with E-state index in [1.165, 1.54) is 95.4 Å². The van der Waals surface area contributed by atoms with Crippen LogP contribution in [-0.4, -0.2) is 151 Å². The Morgan fingerprint density at radius 2 is 0.908 bits per heavy atom. The van der Waals surface area contributed by atoms with Crippen molar-refractivity contribution in [2.75, 3.05) is 26.3 Å². The van der Waals surface area contributed by atoms with Crippen LogP contribution in [0.4, 0.5) is 61.5 Å². The van der Waals surface area contributed by atoms with Gasteiger partial charge in [0.2, 0.25) is 0 Å². The summed E-state index contributed by atoms with van der Waals surface area (Å²) in [6.07, 6.45) is 12.0. The number of H-pyrrole nitrogens is 1. The summed E-state index contributed by atoms with van der Waals surface area (Å²) in [6.45, 7) is 3.75. The maximum atomic E-state index is 14.5. The number of ketones is 1. The Morgan fingerprint density at radius 1 is 0.521 bits per heavy atom. The number of nitrogens with two attached hydrogens (primary N) is 1. The molecule has 9 heterocycles. The Bertz CT molecular complexity index is 5790. The van der Waals surface area contributed by atoms with Crippen molar-refractivity contribution in [2.24, 2.45) is 5.73 Å². The summed E-state index contributed by atoms with van der Waals surface area (Å²) >= 11 is 0. The van der Waals surface area contributed by atoms with Gasteiger partial charge < -0.3 is 40.8 Å². The van der Waals surface area contributed by atoms with E-state index in [1.807, 2.05) is 0 Å². The molecule has 0 saturated carbocycles. The number of carboxylic acids is 1. The minimum Gasteiger partial charge on any atom is -0.872 e. The minimum atomic E-state index is -1.64. The van der Waals surface area contributed by atoms with Gasteiger partial charge in [-0.2, -0.15) is 56.1 Å². The van der Waals surface area contributed by atoms with Crippen LogP contribution in [0.15, 0.2) is 164 Å². The summed E-state index contributed by atoms with van der Waals surface area (Å²) < 4.78 is 201. The van der Waals surface area contributed by atoms with Gasteiger partial charge in [-0.05, 0) is 111 Å². The molecule has 0 spiro atoms.